The molecule has 0 aliphatic rings. The fraction of sp³-hybridized carbons (Fsp3) is 0.385. The monoisotopic (exact) mass is 305 g/mol. The van der Waals surface area contributed by atoms with Crippen LogP contribution in [0.4, 0.5) is 18.9 Å². The number of aliphatic carboxylic acids is 2. The highest BCUT2D eigenvalue weighted by atomic mass is 19.4. The lowest BCUT2D eigenvalue weighted by Gasteiger charge is -2.25. The zero-order valence-electron chi connectivity index (χ0n) is 11.1. The summed E-state index contributed by atoms with van der Waals surface area (Å²) in [6.07, 6.45) is -4.48. The van der Waals surface area contributed by atoms with E-state index in [9.17, 15) is 22.8 Å². The van der Waals surface area contributed by atoms with Gasteiger partial charge in [0.25, 0.3) is 0 Å². The van der Waals surface area contributed by atoms with E-state index in [1.165, 1.54) is 11.8 Å². The van der Waals surface area contributed by atoms with Gasteiger partial charge in [0.05, 0.1) is 11.5 Å². The molecule has 0 aliphatic carbocycles. The average Bonchev–Trinajstić information content (AvgIpc) is 2.36. The van der Waals surface area contributed by atoms with Gasteiger partial charge in [-0.05, 0) is 24.3 Å². The van der Waals surface area contributed by atoms with Crippen LogP contribution < -0.4 is 4.90 Å². The Hall–Kier alpha value is -2.25. The lowest BCUT2D eigenvalue weighted by atomic mass is 10.1. The standard InChI is InChI=1S/C13H14F3NO4/c1-8(12(20)21)6-17(7-11(18)19)10-4-2-9(3-5-10)13(14,15)16/h2-5,8H,6-7H2,1H3,(H,18,19)(H,20,21). The van der Waals surface area contributed by atoms with Gasteiger partial charge in [-0.15, -0.1) is 0 Å². The second-order valence-electron chi connectivity index (χ2n) is 4.56. The molecule has 8 heteroatoms. The van der Waals surface area contributed by atoms with Crippen LogP contribution in [0.15, 0.2) is 24.3 Å². The molecule has 0 heterocycles. The van der Waals surface area contributed by atoms with Gasteiger partial charge < -0.3 is 15.1 Å². The van der Waals surface area contributed by atoms with Crippen molar-refractivity contribution in [3.63, 3.8) is 0 Å². The summed E-state index contributed by atoms with van der Waals surface area (Å²) in [5.74, 6) is -3.17. The number of nitrogens with zero attached hydrogens (tertiary/aromatic N) is 1. The third kappa shape index (κ3) is 4.97. The van der Waals surface area contributed by atoms with E-state index in [2.05, 4.69) is 0 Å². The van der Waals surface area contributed by atoms with Crippen molar-refractivity contribution in [1.29, 1.82) is 0 Å². The number of anilines is 1. The summed E-state index contributed by atoms with van der Waals surface area (Å²) >= 11 is 0. The van der Waals surface area contributed by atoms with Crippen molar-refractivity contribution in [2.24, 2.45) is 5.92 Å². The molecule has 0 saturated heterocycles. The van der Waals surface area contributed by atoms with Crippen molar-refractivity contribution < 1.29 is 33.0 Å². The van der Waals surface area contributed by atoms with E-state index in [0.29, 0.717) is 0 Å². The van der Waals surface area contributed by atoms with Gasteiger partial charge in [-0.1, -0.05) is 6.92 Å². The molecule has 0 saturated carbocycles. The number of hydrogen-bond acceptors (Lipinski definition) is 3. The first-order chi connectivity index (χ1) is 9.61. The smallest absolute Gasteiger partial charge is 0.416 e. The highest BCUT2D eigenvalue weighted by Crippen LogP contribution is 2.30. The van der Waals surface area contributed by atoms with Gasteiger partial charge >= 0.3 is 18.1 Å². The normalized spacial score (nSPS) is 12.8. The highest BCUT2D eigenvalue weighted by Gasteiger charge is 2.30. The van der Waals surface area contributed by atoms with Gasteiger partial charge in [0.2, 0.25) is 0 Å². The minimum absolute atomic E-state index is 0.118. The average molecular weight is 305 g/mol. The number of carbonyl (C=O) groups is 2. The Bertz CT molecular complexity index is 513. The molecule has 1 unspecified atom stereocenters. The van der Waals surface area contributed by atoms with E-state index in [0.717, 1.165) is 24.3 Å². The maximum Gasteiger partial charge on any atom is 0.416 e. The predicted octanol–water partition coefficient (Wildman–Crippen LogP) is 2.32. The lowest BCUT2D eigenvalue weighted by molar-refractivity contribution is -0.141. The summed E-state index contributed by atoms with van der Waals surface area (Å²) in [6.45, 7) is 0.775. The topological polar surface area (TPSA) is 77.8 Å². The summed E-state index contributed by atoms with van der Waals surface area (Å²) in [5.41, 5.74) is -0.633. The van der Waals surface area contributed by atoms with Crippen molar-refractivity contribution in [3.05, 3.63) is 29.8 Å². The van der Waals surface area contributed by atoms with Crippen LogP contribution in [0.3, 0.4) is 0 Å². The van der Waals surface area contributed by atoms with Crippen LogP contribution in [0.5, 0.6) is 0 Å². The van der Waals surface area contributed by atoms with Gasteiger partial charge in [0.15, 0.2) is 0 Å². The summed E-state index contributed by atoms with van der Waals surface area (Å²) in [6, 6.07) is 3.91. The van der Waals surface area contributed by atoms with Gasteiger partial charge in [0, 0.05) is 12.2 Å². The molecular formula is C13H14F3NO4. The van der Waals surface area contributed by atoms with Crippen molar-refractivity contribution in [3.8, 4) is 0 Å². The molecule has 2 N–H and O–H groups in total. The first kappa shape index (κ1) is 16.8. The Morgan fingerprint density at radius 3 is 2.10 bits per heavy atom. The van der Waals surface area contributed by atoms with Gasteiger partial charge in [-0.25, -0.2) is 0 Å². The van der Waals surface area contributed by atoms with Crippen molar-refractivity contribution in [2.75, 3.05) is 18.0 Å². The largest absolute Gasteiger partial charge is 0.481 e. The second kappa shape index (κ2) is 6.47. The molecule has 0 aromatic heterocycles. The number of halogens is 3. The molecule has 1 rings (SSSR count). The molecule has 0 bridgehead atoms. The molecular weight excluding hydrogens is 291 g/mol. The number of hydrogen-bond donors (Lipinski definition) is 2. The van der Waals surface area contributed by atoms with E-state index in [1.54, 1.807) is 0 Å². The Kier molecular flexibility index (Phi) is 5.17. The molecule has 0 aliphatic heterocycles. The number of carboxylic acid groups (broad SMARTS) is 2. The Balaban J connectivity index is 2.98. The Morgan fingerprint density at radius 2 is 1.71 bits per heavy atom. The summed E-state index contributed by atoms with van der Waals surface area (Å²) in [7, 11) is 0. The molecule has 1 aromatic carbocycles. The third-order valence-corrected chi connectivity index (χ3v) is 2.80. The van der Waals surface area contributed by atoms with Crippen LogP contribution in [-0.2, 0) is 15.8 Å². The van der Waals surface area contributed by atoms with Crippen LogP contribution in [0, 0.1) is 5.92 Å². The molecule has 0 radical (unpaired) electrons. The first-order valence-corrected chi connectivity index (χ1v) is 5.98. The SMILES string of the molecule is CC(CN(CC(=O)O)c1ccc(C(F)(F)F)cc1)C(=O)O. The van der Waals surface area contributed by atoms with Crippen LogP contribution in [0.1, 0.15) is 12.5 Å². The van der Waals surface area contributed by atoms with E-state index in [-0.39, 0.29) is 12.2 Å². The van der Waals surface area contributed by atoms with Crippen molar-refractivity contribution in [1.82, 2.24) is 0 Å². The van der Waals surface area contributed by atoms with Crippen LogP contribution in [0.25, 0.3) is 0 Å². The maximum atomic E-state index is 12.5. The molecule has 0 spiro atoms. The van der Waals surface area contributed by atoms with Crippen LogP contribution in [0.2, 0.25) is 0 Å². The fourth-order valence-corrected chi connectivity index (χ4v) is 1.69. The minimum atomic E-state index is -4.48. The Morgan fingerprint density at radius 1 is 1.19 bits per heavy atom. The molecule has 5 nitrogen and oxygen atoms in total. The van der Waals surface area contributed by atoms with Crippen molar-refractivity contribution >= 4 is 17.6 Å². The van der Waals surface area contributed by atoms with Gasteiger partial charge in [-0.2, -0.15) is 13.2 Å². The molecule has 21 heavy (non-hydrogen) atoms. The lowest BCUT2D eigenvalue weighted by Crippen LogP contribution is -2.35. The zero-order chi connectivity index (χ0) is 16.2. The molecule has 0 amide bonds. The number of benzene rings is 1. The molecule has 1 atom stereocenters. The first-order valence-electron chi connectivity index (χ1n) is 5.98. The highest BCUT2D eigenvalue weighted by molar-refractivity contribution is 5.75. The summed E-state index contributed by atoms with van der Waals surface area (Å²) in [5, 5.41) is 17.7. The zero-order valence-corrected chi connectivity index (χ0v) is 11.1. The van der Waals surface area contributed by atoms with Crippen LogP contribution >= 0.6 is 0 Å². The minimum Gasteiger partial charge on any atom is -0.481 e. The van der Waals surface area contributed by atoms with E-state index < -0.39 is 36.1 Å². The second-order valence-corrected chi connectivity index (χ2v) is 4.56. The quantitative estimate of drug-likeness (QED) is 0.843. The summed E-state index contributed by atoms with van der Waals surface area (Å²) in [4.78, 5) is 22.8. The van der Waals surface area contributed by atoms with E-state index in [1.807, 2.05) is 0 Å². The van der Waals surface area contributed by atoms with E-state index >= 15 is 0 Å². The molecule has 1 aromatic rings. The fourth-order valence-electron chi connectivity index (χ4n) is 1.69. The third-order valence-electron chi connectivity index (χ3n) is 2.80. The molecule has 116 valence electrons. The Labute approximate surface area is 118 Å². The maximum absolute atomic E-state index is 12.5. The number of rotatable bonds is 6. The van der Waals surface area contributed by atoms with Gasteiger partial charge in [-0.3, -0.25) is 9.59 Å². The number of carboxylic acids is 2. The molecule has 0 fully saturated rings. The van der Waals surface area contributed by atoms with E-state index in [4.69, 9.17) is 10.2 Å². The van der Waals surface area contributed by atoms with Crippen LogP contribution in [-0.4, -0.2) is 35.2 Å². The summed E-state index contributed by atoms with van der Waals surface area (Å²) < 4.78 is 37.4. The predicted molar refractivity (Wildman–Crippen MR) is 68.1 cm³/mol. The van der Waals surface area contributed by atoms with Gasteiger partial charge in [0.1, 0.15) is 6.54 Å². The van der Waals surface area contributed by atoms with Crippen molar-refractivity contribution in [2.45, 2.75) is 13.1 Å². The number of alkyl halides is 3.